The van der Waals surface area contributed by atoms with Crippen molar-refractivity contribution in [3.8, 4) is 5.75 Å². The Morgan fingerprint density at radius 3 is 2.25 bits per heavy atom. The molecule has 0 unspecified atom stereocenters. The van der Waals surface area contributed by atoms with E-state index in [0.29, 0.717) is 18.0 Å². The summed E-state index contributed by atoms with van der Waals surface area (Å²) in [6.07, 6.45) is 0. The van der Waals surface area contributed by atoms with Crippen molar-refractivity contribution in [1.29, 1.82) is 0 Å². The van der Waals surface area contributed by atoms with Gasteiger partial charge in [-0.05, 0) is 48.2 Å². The molecule has 168 valence electrons. The summed E-state index contributed by atoms with van der Waals surface area (Å²) in [4.78, 5) is 13.0. The molecule has 1 amide bonds. The van der Waals surface area contributed by atoms with Crippen molar-refractivity contribution in [3.05, 3.63) is 90.0 Å². The van der Waals surface area contributed by atoms with Gasteiger partial charge in [-0.25, -0.2) is 8.42 Å². The minimum absolute atomic E-state index is 0.0906. The zero-order valence-electron chi connectivity index (χ0n) is 18.5. The molecule has 1 N–H and O–H groups in total. The van der Waals surface area contributed by atoms with Gasteiger partial charge in [-0.15, -0.1) is 0 Å². The summed E-state index contributed by atoms with van der Waals surface area (Å²) in [5, 5.41) is 2.87. The monoisotopic (exact) mass is 452 g/mol. The van der Waals surface area contributed by atoms with Crippen molar-refractivity contribution in [1.82, 2.24) is 5.32 Å². The summed E-state index contributed by atoms with van der Waals surface area (Å²) >= 11 is 0. The highest BCUT2D eigenvalue weighted by atomic mass is 32.2. The van der Waals surface area contributed by atoms with E-state index >= 15 is 0 Å². The number of amides is 1. The van der Waals surface area contributed by atoms with Crippen LogP contribution in [-0.2, 0) is 14.8 Å². The van der Waals surface area contributed by atoms with Gasteiger partial charge in [0.05, 0.1) is 17.7 Å². The molecule has 0 saturated heterocycles. The third kappa shape index (κ3) is 5.48. The number of nitrogens with one attached hydrogen (secondary N) is 1. The van der Waals surface area contributed by atoms with Crippen molar-refractivity contribution in [2.45, 2.75) is 24.7 Å². The van der Waals surface area contributed by atoms with E-state index in [1.165, 1.54) is 19.2 Å². The lowest BCUT2D eigenvalue weighted by atomic mass is 10.0. The zero-order chi connectivity index (χ0) is 23.1. The number of aryl methyl sites for hydroxylation is 1. The molecule has 32 heavy (non-hydrogen) atoms. The number of carbonyl (C=O) groups is 1. The molecule has 0 aliphatic rings. The topological polar surface area (TPSA) is 75.7 Å². The average molecular weight is 453 g/mol. The number of nitrogens with zero attached hydrogens (tertiary/aromatic N) is 1. The molecule has 3 aromatic carbocycles. The Bertz CT molecular complexity index is 1150. The fourth-order valence-electron chi connectivity index (χ4n) is 3.37. The number of hydrogen-bond acceptors (Lipinski definition) is 4. The number of ether oxygens (including phenoxy) is 1. The van der Waals surface area contributed by atoms with Crippen LogP contribution in [0.25, 0.3) is 0 Å². The lowest BCUT2D eigenvalue weighted by molar-refractivity contribution is -0.119. The van der Waals surface area contributed by atoms with Crippen LogP contribution < -0.4 is 14.4 Å². The molecule has 3 rings (SSSR count). The van der Waals surface area contributed by atoms with Crippen LogP contribution in [-0.4, -0.2) is 34.5 Å². The second-order valence-electron chi connectivity index (χ2n) is 7.62. The smallest absolute Gasteiger partial charge is 0.264 e. The Balaban J connectivity index is 1.88. The van der Waals surface area contributed by atoms with Crippen molar-refractivity contribution >= 4 is 21.6 Å². The van der Waals surface area contributed by atoms with E-state index in [0.717, 1.165) is 15.4 Å². The van der Waals surface area contributed by atoms with Gasteiger partial charge in [0, 0.05) is 6.54 Å². The van der Waals surface area contributed by atoms with Crippen LogP contribution in [0, 0.1) is 6.92 Å². The van der Waals surface area contributed by atoms with Crippen molar-refractivity contribution in [2.75, 3.05) is 24.5 Å². The third-order valence-electron chi connectivity index (χ3n) is 5.20. The van der Waals surface area contributed by atoms with E-state index in [1.54, 1.807) is 30.3 Å². The van der Waals surface area contributed by atoms with Crippen LogP contribution in [0.5, 0.6) is 5.75 Å². The highest BCUT2D eigenvalue weighted by molar-refractivity contribution is 7.92. The van der Waals surface area contributed by atoms with E-state index < -0.39 is 15.9 Å². The van der Waals surface area contributed by atoms with E-state index in [1.807, 2.05) is 50.2 Å². The normalized spacial score (nSPS) is 12.1. The number of hydrogen-bond donors (Lipinski definition) is 1. The predicted octanol–water partition coefficient (Wildman–Crippen LogP) is 4.12. The lowest BCUT2D eigenvalue weighted by Crippen LogP contribution is -2.42. The van der Waals surface area contributed by atoms with Gasteiger partial charge in [0.2, 0.25) is 5.91 Å². The second-order valence-corrected chi connectivity index (χ2v) is 9.48. The molecule has 0 aliphatic carbocycles. The SMILES string of the molecule is COc1ccc(C)cc1N(CC(=O)NC[C@@H](C)c1ccccc1)S(=O)(=O)c1ccccc1. The molecule has 0 spiro atoms. The van der Waals surface area contributed by atoms with Crippen LogP contribution in [0.2, 0.25) is 0 Å². The van der Waals surface area contributed by atoms with Gasteiger partial charge in [0.1, 0.15) is 12.3 Å². The summed E-state index contributed by atoms with van der Waals surface area (Å²) in [5.74, 6) is 0.0734. The molecule has 7 heteroatoms. The number of sulfonamides is 1. The number of anilines is 1. The molecule has 6 nitrogen and oxygen atoms in total. The highest BCUT2D eigenvalue weighted by Crippen LogP contribution is 2.33. The Morgan fingerprint density at radius 2 is 1.62 bits per heavy atom. The first-order chi connectivity index (χ1) is 15.3. The largest absolute Gasteiger partial charge is 0.495 e. The van der Waals surface area contributed by atoms with Crippen molar-refractivity contribution in [2.24, 2.45) is 0 Å². The fourth-order valence-corrected chi connectivity index (χ4v) is 4.81. The minimum Gasteiger partial charge on any atom is -0.495 e. The Hall–Kier alpha value is -3.32. The quantitative estimate of drug-likeness (QED) is 0.530. The lowest BCUT2D eigenvalue weighted by Gasteiger charge is -2.26. The average Bonchev–Trinajstić information content (AvgIpc) is 2.82. The number of methoxy groups -OCH3 is 1. The third-order valence-corrected chi connectivity index (χ3v) is 6.97. The molecule has 0 aromatic heterocycles. The van der Waals surface area contributed by atoms with Crippen LogP contribution in [0.3, 0.4) is 0 Å². The maximum Gasteiger partial charge on any atom is 0.264 e. The van der Waals surface area contributed by atoms with E-state index in [2.05, 4.69) is 5.32 Å². The van der Waals surface area contributed by atoms with Gasteiger partial charge in [0.15, 0.2) is 0 Å². The second kappa shape index (κ2) is 10.3. The Morgan fingerprint density at radius 1 is 1.00 bits per heavy atom. The summed E-state index contributed by atoms with van der Waals surface area (Å²) in [7, 11) is -2.52. The first-order valence-electron chi connectivity index (χ1n) is 10.4. The number of rotatable bonds is 9. The van der Waals surface area contributed by atoms with Crippen LogP contribution in [0.15, 0.2) is 83.8 Å². The summed E-state index contributed by atoms with van der Waals surface area (Å²) in [5.41, 5.74) is 2.27. The van der Waals surface area contributed by atoms with Gasteiger partial charge >= 0.3 is 0 Å². The summed E-state index contributed by atoms with van der Waals surface area (Å²) in [6.45, 7) is 3.90. The highest BCUT2D eigenvalue weighted by Gasteiger charge is 2.29. The van der Waals surface area contributed by atoms with Gasteiger partial charge in [0.25, 0.3) is 10.0 Å². The predicted molar refractivity (Wildman–Crippen MR) is 127 cm³/mol. The molecule has 0 saturated carbocycles. The van der Waals surface area contributed by atoms with Crippen LogP contribution in [0.4, 0.5) is 5.69 Å². The minimum atomic E-state index is -4.00. The maximum atomic E-state index is 13.5. The Labute approximate surface area is 189 Å². The van der Waals surface area contributed by atoms with Crippen LogP contribution in [0.1, 0.15) is 24.0 Å². The molecule has 0 aliphatic heterocycles. The van der Waals surface area contributed by atoms with E-state index in [9.17, 15) is 13.2 Å². The molecule has 0 heterocycles. The molecule has 0 fully saturated rings. The molecular formula is C25H28N2O4S. The molecule has 0 bridgehead atoms. The molecule has 3 aromatic rings. The standard InChI is InChI=1S/C25H28N2O4S/c1-19-14-15-24(31-3)23(16-19)27(32(29,30)22-12-8-5-9-13-22)18-25(28)26-17-20(2)21-10-6-4-7-11-21/h4-16,20H,17-18H2,1-3H3,(H,26,28)/t20-/m1/s1. The van der Waals surface area contributed by atoms with Crippen molar-refractivity contribution < 1.29 is 17.9 Å². The number of carbonyl (C=O) groups excluding carboxylic acids is 1. The first-order valence-corrected chi connectivity index (χ1v) is 11.8. The fraction of sp³-hybridized carbons (Fsp3) is 0.240. The van der Waals surface area contributed by atoms with Gasteiger partial charge in [-0.2, -0.15) is 0 Å². The zero-order valence-corrected chi connectivity index (χ0v) is 19.3. The molecular weight excluding hydrogens is 424 g/mol. The van der Waals surface area contributed by atoms with E-state index in [4.69, 9.17) is 4.74 Å². The maximum absolute atomic E-state index is 13.5. The van der Waals surface area contributed by atoms with Gasteiger partial charge in [-0.3, -0.25) is 9.10 Å². The van der Waals surface area contributed by atoms with Gasteiger partial charge in [-0.1, -0.05) is 61.5 Å². The van der Waals surface area contributed by atoms with Crippen LogP contribution >= 0.6 is 0 Å². The van der Waals surface area contributed by atoms with E-state index in [-0.39, 0.29) is 17.4 Å². The summed E-state index contributed by atoms with van der Waals surface area (Å²) < 4.78 is 33.5. The summed E-state index contributed by atoms with van der Waals surface area (Å²) in [6, 6.07) is 23.2. The molecule has 0 radical (unpaired) electrons. The number of benzene rings is 3. The van der Waals surface area contributed by atoms with Crippen molar-refractivity contribution in [3.63, 3.8) is 0 Å². The van der Waals surface area contributed by atoms with Gasteiger partial charge < -0.3 is 10.1 Å². The Kier molecular flexibility index (Phi) is 7.53. The molecule has 1 atom stereocenters. The first kappa shape index (κ1) is 23.3.